The van der Waals surface area contributed by atoms with Gasteiger partial charge >= 0.3 is 0 Å². The third kappa shape index (κ3) is 4.06. The molecular formula is C23H18BrFN4O3. The second-order valence-corrected chi connectivity index (χ2v) is 7.91. The number of nitrogens with two attached hydrogens (primary N) is 1. The summed E-state index contributed by atoms with van der Waals surface area (Å²) in [6.45, 7) is 0. The zero-order valence-corrected chi connectivity index (χ0v) is 18.4. The molecule has 4 N–H and O–H groups in total. The zero-order valence-electron chi connectivity index (χ0n) is 16.9. The lowest BCUT2D eigenvalue weighted by Crippen LogP contribution is -2.18. The number of nitrogens with zero attached hydrogens (tertiary/aromatic N) is 1. The molecule has 0 aliphatic heterocycles. The lowest BCUT2D eigenvalue weighted by molar-refractivity contribution is -0.117. The monoisotopic (exact) mass is 496 g/mol. The van der Waals surface area contributed by atoms with E-state index in [9.17, 15) is 14.0 Å². The van der Waals surface area contributed by atoms with Gasteiger partial charge < -0.3 is 15.8 Å². The molecule has 1 heterocycles. The number of primary amides is 1. The Hall–Kier alpha value is -3.72. The lowest BCUT2D eigenvalue weighted by Gasteiger charge is -2.09. The molecule has 0 saturated carbocycles. The van der Waals surface area contributed by atoms with Gasteiger partial charge in [-0.05, 0) is 41.5 Å². The maximum Gasteiger partial charge on any atom is 0.256 e. The molecule has 1 aromatic heterocycles. The molecule has 0 aliphatic rings. The fourth-order valence-electron chi connectivity index (χ4n) is 3.36. The van der Waals surface area contributed by atoms with Gasteiger partial charge in [-0.3, -0.25) is 14.7 Å². The molecule has 1 atom stereocenters. The van der Waals surface area contributed by atoms with Crippen LogP contribution < -0.4 is 15.8 Å². The summed E-state index contributed by atoms with van der Waals surface area (Å²) in [4.78, 5) is 23.4. The number of methoxy groups -OCH3 is 1. The highest BCUT2D eigenvalue weighted by Gasteiger charge is 2.17. The van der Waals surface area contributed by atoms with Crippen LogP contribution in [-0.2, 0) is 4.79 Å². The summed E-state index contributed by atoms with van der Waals surface area (Å²) >= 11 is 3.21. The molecular weight excluding hydrogens is 479 g/mol. The Bertz CT molecular complexity index is 1340. The van der Waals surface area contributed by atoms with Gasteiger partial charge in [0.15, 0.2) is 17.4 Å². The van der Waals surface area contributed by atoms with Gasteiger partial charge in [-0.25, -0.2) is 4.39 Å². The van der Waals surface area contributed by atoms with E-state index in [-0.39, 0.29) is 5.75 Å². The fraction of sp³-hybridized carbons (Fsp3) is 0.0870. The van der Waals surface area contributed by atoms with Crippen LogP contribution in [0, 0.1) is 5.82 Å². The third-order valence-corrected chi connectivity index (χ3v) is 5.96. The van der Waals surface area contributed by atoms with Gasteiger partial charge in [0.2, 0.25) is 5.91 Å². The number of H-pyrrole nitrogens is 1. The predicted molar refractivity (Wildman–Crippen MR) is 123 cm³/mol. The summed E-state index contributed by atoms with van der Waals surface area (Å²) < 4.78 is 19.7. The number of alkyl halides is 1. The van der Waals surface area contributed by atoms with Crippen molar-refractivity contribution in [1.29, 1.82) is 0 Å². The van der Waals surface area contributed by atoms with Crippen molar-refractivity contribution >= 4 is 44.5 Å². The summed E-state index contributed by atoms with van der Waals surface area (Å²) in [5, 5.41) is 10.5. The minimum Gasteiger partial charge on any atom is -0.494 e. The number of rotatable bonds is 6. The van der Waals surface area contributed by atoms with Crippen LogP contribution in [-0.4, -0.2) is 29.1 Å². The maximum atomic E-state index is 14.6. The van der Waals surface area contributed by atoms with Crippen LogP contribution in [0.15, 0.2) is 60.7 Å². The first-order chi connectivity index (χ1) is 15.4. The van der Waals surface area contributed by atoms with Crippen molar-refractivity contribution in [2.75, 3.05) is 12.4 Å². The molecule has 162 valence electrons. The number of carbonyl (C=O) groups excluding carboxylic acids is 2. The van der Waals surface area contributed by atoms with Crippen LogP contribution in [0.25, 0.3) is 22.0 Å². The Morgan fingerprint density at radius 1 is 1.16 bits per heavy atom. The van der Waals surface area contributed by atoms with E-state index in [1.807, 2.05) is 0 Å². The van der Waals surface area contributed by atoms with Gasteiger partial charge in [-0.1, -0.05) is 46.3 Å². The summed E-state index contributed by atoms with van der Waals surface area (Å²) in [5.74, 6) is -0.914. The SMILES string of the molecule is COc1cccc(-c2ccc3c(NC(=O)c4cccc(C(Br)C(N)=O)c4)n[nH]c3c2)c1F. The van der Waals surface area contributed by atoms with Crippen LogP contribution >= 0.6 is 15.9 Å². The maximum absolute atomic E-state index is 14.6. The van der Waals surface area contributed by atoms with Crippen molar-refractivity contribution < 1.29 is 18.7 Å². The average molecular weight is 497 g/mol. The van der Waals surface area contributed by atoms with Crippen molar-refractivity contribution in [2.45, 2.75) is 4.83 Å². The molecule has 0 spiro atoms. The number of amides is 2. The molecule has 0 aliphatic carbocycles. The normalized spacial score (nSPS) is 11.8. The van der Waals surface area contributed by atoms with Gasteiger partial charge in [0.25, 0.3) is 5.91 Å². The summed E-state index contributed by atoms with van der Waals surface area (Å²) in [6.07, 6.45) is 0. The Kier molecular flexibility index (Phi) is 5.91. The van der Waals surface area contributed by atoms with E-state index < -0.39 is 22.5 Å². The van der Waals surface area contributed by atoms with E-state index in [4.69, 9.17) is 10.5 Å². The number of fused-ring (bicyclic) bond motifs is 1. The quantitative estimate of drug-likeness (QED) is 0.340. The average Bonchev–Trinajstić information content (AvgIpc) is 3.20. The molecule has 4 rings (SSSR count). The van der Waals surface area contributed by atoms with Gasteiger partial charge in [0, 0.05) is 16.5 Å². The first-order valence-corrected chi connectivity index (χ1v) is 10.5. The summed E-state index contributed by atoms with van der Waals surface area (Å²) in [5.41, 5.74) is 7.89. The van der Waals surface area contributed by atoms with Gasteiger partial charge in [-0.2, -0.15) is 5.10 Å². The van der Waals surface area contributed by atoms with Crippen molar-refractivity contribution in [3.63, 3.8) is 0 Å². The Labute approximate surface area is 190 Å². The van der Waals surface area contributed by atoms with Crippen molar-refractivity contribution in [2.24, 2.45) is 5.73 Å². The van der Waals surface area contributed by atoms with E-state index >= 15 is 0 Å². The van der Waals surface area contributed by atoms with Crippen molar-refractivity contribution in [3.05, 3.63) is 77.6 Å². The smallest absolute Gasteiger partial charge is 0.256 e. The van der Waals surface area contributed by atoms with E-state index in [0.29, 0.717) is 39.0 Å². The summed E-state index contributed by atoms with van der Waals surface area (Å²) in [7, 11) is 1.41. The van der Waals surface area contributed by atoms with Crippen LogP contribution in [0.4, 0.5) is 10.2 Å². The van der Waals surface area contributed by atoms with Crippen molar-refractivity contribution in [1.82, 2.24) is 10.2 Å². The molecule has 0 fully saturated rings. The lowest BCUT2D eigenvalue weighted by atomic mass is 10.0. The summed E-state index contributed by atoms with van der Waals surface area (Å²) in [6, 6.07) is 16.7. The molecule has 0 bridgehead atoms. The van der Waals surface area contributed by atoms with Crippen LogP contribution in [0.3, 0.4) is 0 Å². The minimum absolute atomic E-state index is 0.157. The van der Waals surface area contributed by atoms with E-state index in [1.165, 1.54) is 7.11 Å². The van der Waals surface area contributed by atoms with E-state index in [2.05, 4.69) is 31.4 Å². The number of hydrogen-bond acceptors (Lipinski definition) is 4. The number of anilines is 1. The van der Waals surface area contributed by atoms with E-state index in [1.54, 1.807) is 60.7 Å². The van der Waals surface area contributed by atoms with Crippen LogP contribution in [0.1, 0.15) is 20.7 Å². The Morgan fingerprint density at radius 3 is 2.69 bits per heavy atom. The molecule has 7 nitrogen and oxygen atoms in total. The molecule has 32 heavy (non-hydrogen) atoms. The standard InChI is InChI=1S/C23H18BrFN4O3/c1-32-18-7-3-6-15(20(18)25)12-8-9-16-17(11-12)28-29-22(16)27-23(31)14-5-2-4-13(10-14)19(24)21(26)30/h2-11,19H,1H3,(H2,26,30)(H2,27,28,29,31). The highest BCUT2D eigenvalue weighted by atomic mass is 79.9. The largest absolute Gasteiger partial charge is 0.494 e. The predicted octanol–water partition coefficient (Wildman–Crippen LogP) is 4.55. The topological polar surface area (TPSA) is 110 Å². The number of aromatic nitrogens is 2. The van der Waals surface area contributed by atoms with Crippen LogP contribution in [0.2, 0.25) is 0 Å². The first kappa shape index (κ1) is 21.5. The minimum atomic E-state index is -0.697. The Balaban J connectivity index is 1.61. The molecule has 0 saturated heterocycles. The number of halogens is 2. The number of hydrogen-bond donors (Lipinski definition) is 3. The van der Waals surface area contributed by atoms with Gasteiger partial charge in [0.05, 0.1) is 12.6 Å². The van der Waals surface area contributed by atoms with E-state index in [0.717, 1.165) is 0 Å². The Morgan fingerprint density at radius 2 is 1.94 bits per heavy atom. The second-order valence-electron chi connectivity index (χ2n) is 7.00. The molecule has 3 aromatic carbocycles. The van der Waals surface area contributed by atoms with Gasteiger partial charge in [-0.15, -0.1) is 0 Å². The molecule has 0 radical (unpaired) electrons. The highest BCUT2D eigenvalue weighted by Crippen LogP contribution is 2.32. The number of ether oxygens (including phenoxy) is 1. The number of benzene rings is 3. The number of aromatic amines is 1. The third-order valence-electron chi connectivity index (χ3n) is 4.98. The van der Waals surface area contributed by atoms with Crippen molar-refractivity contribution in [3.8, 4) is 16.9 Å². The molecule has 4 aromatic rings. The zero-order chi connectivity index (χ0) is 22.8. The number of nitrogens with one attached hydrogen (secondary N) is 2. The molecule has 2 amide bonds. The van der Waals surface area contributed by atoms with Crippen LogP contribution in [0.5, 0.6) is 5.75 Å². The molecule has 9 heteroatoms. The fourth-order valence-corrected chi connectivity index (χ4v) is 3.64. The number of carbonyl (C=O) groups is 2. The van der Waals surface area contributed by atoms with Gasteiger partial charge in [0.1, 0.15) is 4.83 Å². The first-order valence-electron chi connectivity index (χ1n) is 9.54. The second kappa shape index (κ2) is 8.80. The highest BCUT2D eigenvalue weighted by molar-refractivity contribution is 9.09. The molecule has 1 unspecified atom stereocenters.